The van der Waals surface area contributed by atoms with Gasteiger partial charge in [0.25, 0.3) is 0 Å². The minimum absolute atomic E-state index is 0.114. The van der Waals surface area contributed by atoms with Gasteiger partial charge in [0.15, 0.2) is 0 Å². The third-order valence-electron chi connectivity index (χ3n) is 8.03. The van der Waals surface area contributed by atoms with Gasteiger partial charge in [0.05, 0.1) is 16.5 Å². The third-order valence-corrected chi connectivity index (χ3v) is 8.03. The first-order valence-corrected chi connectivity index (χ1v) is 11.2. The van der Waals surface area contributed by atoms with Crippen LogP contribution in [0, 0.1) is 34.5 Å². The van der Waals surface area contributed by atoms with Gasteiger partial charge in [0.2, 0.25) is 5.91 Å². The Morgan fingerprint density at radius 3 is 2.74 bits per heavy atom. The second-order valence-corrected chi connectivity index (χ2v) is 10.3. The number of anilines is 1. The lowest BCUT2D eigenvalue weighted by Gasteiger charge is -2.58. The Morgan fingerprint density at radius 2 is 2.06 bits per heavy atom. The fourth-order valence-corrected chi connectivity index (χ4v) is 6.76. The molecular formula is C23H29N5O3. The van der Waals surface area contributed by atoms with E-state index in [1.807, 2.05) is 6.92 Å². The summed E-state index contributed by atoms with van der Waals surface area (Å²) in [5.74, 6) is 1.37. The largest absolute Gasteiger partial charge is 0.446 e. The molecular weight excluding hydrogens is 394 g/mol. The predicted octanol–water partition coefficient (Wildman–Crippen LogP) is 2.65. The van der Waals surface area contributed by atoms with E-state index in [4.69, 9.17) is 10.5 Å². The average Bonchev–Trinajstić information content (AvgIpc) is 3.12. The van der Waals surface area contributed by atoms with Crippen molar-refractivity contribution in [1.82, 2.24) is 9.88 Å². The number of primary amides is 1. The van der Waals surface area contributed by atoms with Crippen LogP contribution >= 0.6 is 0 Å². The van der Waals surface area contributed by atoms with Gasteiger partial charge >= 0.3 is 6.09 Å². The predicted molar refractivity (Wildman–Crippen MR) is 113 cm³/mol. The lowest BCUT2D eigenvalue weighted by molar-refractivity contribution is -0.161. The number of carbonyl (C=O) groups excluding carboxylic acids is 2. The van der Waals surface area contributed by atoms with Crippen LogP contribution in [0.5, 0.6) is 0 Å². The Bertz CT molecular complexity index is 943. The quantitative estimate of drug-likeness (QED) is 0.768. The normalized spacial score (nSPS) is 38.0. The first-order chi connectivity index (χ1) is 14.8. The van der Waals surface area contributed by atoms with Gasteiger partial charge in [-0.3, -0.25) is 4.79 Å². The number of hydrogen-bond acceptors (Lipinski definition) is 6. The minimum atomic E-state index is -0.378. The fraction of sp³-hybridized carbons (Fsp3) is 0.652. The molecule has 1 aromatic heterocycles. The molecule has 1 aromatic rings. The number of pyridine rings is 1. The number of carbonyl (C=O) groups is 2. The van der Waals surface area contributed by atoms with E-state index in [1.54, 1.807) is 23.2 Å². The first-order valence-electron chi connectivity index (χ1n) is 11.2. The first kappa shape index (κ1) is 20.1. The van der Waals surface area contributed by atoms with Crippen LogP contribution in [0.1, 0.15) is 51.0 Å². The van der Waals surface area contributed by atoms with Crippen LogP contribution in [0.3, 0.4) is 0 Å². The molecule has 1 aliphatic heterocycles. The second-order valence-electron chi connectivity index (χ2n) is 10.3. The van der Waals surface area contributed by atoms with E-state index in [1.165, 1.54) is 0 Å². The smallest absolute Gasteiger partial charge is 0.410 e. The molecule has 3 unspecified atom stereocenters. The number of likely N-dealkylation sites (tertiary alicyclic amines) is 1. The van der Waals surface area contributed by atoms with Crippen LogP contribution < -0.4 is 11.1 Å². The minimum Gasteiger partial charge on any atom is -0.446 e. The number of ether oxygens (including phenoxy) is 1. The molecule has 4 bridgehead atoms. The van der Waals surface area contributed by atoms with Crippen LogP contribution in [0.25, 0.3) is 0 Å². The van der Waals surface area contributed by atoms with Crippen LogP contribution in [0.2, 0.25) is 0 Å². The van der Waals surface area contributed by atoms with Gasteiger partial charge in [-0.1, -0.05) is 0 Å². The zero-order valence-corrected chi connectivity index (χ0v) is 17.8. The van der Waals surface area contributed by atoms with Gasteiger partial charge in [-0.15, -0.1) is 0 Å². The van der Waals surface area contributed by atoms with E-state index in [0.717, 1.165) is 38.5 Å². The monoisotopic (exact) mass is 423 g/mol. The number of nitrogens with one attached hydrogen (secondary N) is 1. The lowest BCUT2D eigenvalue weighted by Crippen LogP contribution is -2.59. The SMILES string of the molecule is CC1(Nc2ncccc2C#N)CCN(C(=O)OC2C3CC4CC2CC(C(N)=O)(C4)C3)C1. The Hall–Kier alpha value is -2.82. The molecule has 8 heteroatoms. The van der Waals surface area contributed by atoms with Gasteiger partial charge in [-0.25, -0.2) is 9.78 Å². The number of amides is 2. The number of hydrogen-bond donors (Lipinski definition) is 2. The van der Waals surface area contributed by atoms with Crippen molar-refractivity contribution in [3.05, 3.63) is 23.9 Å². The summed E-state index contributed by atoms with van der Waals surface area (Å²) in [5.41, 5.74) is 5.50. The highest BCUT2D eigenvalue weighted by Gasteiger charge is 2.59. The standard InChI is InChI=1S/C23H29N5O3/c1-22(27-19-15(12-24)3-2-5-26-19)4-6-28(13-22)21(30)31-18-16-7-14-8-17(18)11-23(9-14,10-16)20(25)29/h2-3,5,14,16-18H,4,6-11,13H2,1H3,(H2,25,29)(H,26,27). The maximum Gasteiger partial charge on any atom is 0.410 e. The zero-order valence-electron chi connectivity index (χ0n) is 17.8. The molecule has 3 atom stereocenters. The fourth-order valence-electron chi connectivity index (χ4n) is 6.76. The molecule has 3 N–H and O–H groups in total. The number of aromatic nitrogens is 1. The summed E-state index contributed by atoms with van der Waals surface area (Å²) in [4.78, 5) is 31.2. The molecule has 0 spiro atoms. The molecule has 0 aromatic carbocycles. The molecule has 2 heterocycles. The lowest BCUT2D eigenvalue weighted by atomic mass is 9.48. The highest BCUT2D eigenvalue weighted by molar-refractivity contribution is 5.81. The van der Waals surface area contributed by atoms with E-state index in [-0.39, 0.29) is 40.9 Å². The van der Waals surface area contributed by atoms with Crippen LogP contribution in [0.15, 0.2) is 18.3 Å². The third kappa shape index (κ3) is 3.40. The molecule has 8 nitrogen and oxygen atoms in total. The van der Waals surface area contributed by atoms with E-state index in [2.05, 4.69) is 16.4 Å². The molecule has 5 aliphatic rings. The highest BCUT2D eigenvalue weighted by Crippen LogP contribution is 2.60. The Balaban J connectivity index is 1.23. The summed E-state index contributed by atoms with van der Waals surface area (Å²) < 4.78 is 6.06. The topological polar surface area (TPSA) is 121 Å². The van der Waals surface area contributed by atoms with Crippen molar-refractivity contribution in [2.75, 3.05) is 18.4 Å². The number of nitrogens with two attached hydrogens (primary N) is 1. The van der Waals surface area contributed by atoms with Crippen LogP contribution in [-0.2, 0) is 9.53 Å². The van der Waals surface area contributed by atoms with E-state index in [0.29, 0.717) is 30.4 Å². The van der Waals surface area contributed by atoms with E-state index in [9.17, 15) is 14.9 Å². The maximum absolute atomic E-state index is 13.0. The Kier molecular flexibility index (Phi) is 4.61. The van der Waals surface area contributed by atoms with Crippen LogP contribution in [0.4, 0.5) is 10.6 Å². The summed E-state index contributed by atoms with van der Waals surface area (Å²) in [6.45, 7) is 3.12. The Morgan fingerprint density at radius 1 is 1.32 bits per heavy atom. The van der Waals surface area contributed by atoms with Crippen molar-refractivity contribution in [1.29, 1.82) is 5.26 Å². The van der Waals surface area contributed by atoms with Crippen LogP contribution in [-0.4, -0.2) is 46.6 Å². The molecule has 5 fully saturated rings. The number of nitrogens with zero attached hydrogens (tertiary/aromatic N) is 3. The molecule has 164 valence electrons. The molecule has 2 amide bonds. The van der Waals surface area contributed by atoms with E-state index >= 15 is 0 Å². The second kappa shape index (κ2) is 7.11. The summed E-state index contributed by atoms with van der Waals surface area (Å²) in [7, 11) is 0. The zero-order chi connectivity index (χ0) is 21.8. The summed E-state index contributed by atoms with van der Waals surface area (Å²) in [5, 5.41) is 12.7. The molecule has 6 rings (SSSR count). The van der Waals surface area contributed by atoms with Gasteiger partial charge in [0.1, 0.15) is 18.0 Å². The highest BCUT2D eigenvalue weighted by atomic mass is 16.6. The molecule has 4 aliphatic carbocycles. The Labute approximate surface area is 182 Å². The van der Waals surface area contributed by atoms with Crippen molar-refractivity contribution in [3.63, 3.8) is 0 Å². The molecule has 31 heavy (non-hydrogen) atoms. The van der Waals surface area contributed by atoms with Crippen molar-refractivity contribution >= 4 is 17.8 Å². The van der Waals surface area contributed by atoms with Gasteiger partial charge in [0, 0.05) is 19.3 Å². The van der Waals surface area contributed by atoms with Crippen molar-refractivity contribution in [3.8, 4) is 6.07 Å². The van der Waals surface area contributed by atoms with Gasteiger partial charge in [-0.2, -0.15) is 5.26 Å². The molecule has 1 saturated heterocycles. The van der Waals surface area contributed by atoms with Crippen molar-refractivity contribution < 1.29 is 14.3 Å². The molecule has 0 radical (unpaired) electrons. The van der Waals surface area contributed by atoms with E-state index < -0.39 is 0 Å². The summed E-state index contributed by atoms with van der Waals surface area (Å²) >= 11 is 0. The van der Waals surface area contributed by atoms with Crippen molar-refractivity contribution in [2.45, 2.75) is 57.1 Å². The van der Waals surface area contributed by atoms with Gasteiger partial charge in [-0.05, 0) is 75.3 Å². The summed E-state index contributed by atoms with van der Waals surface area (Å²) in [6.07, 6.45) is 6.47. The number of rotatable bonds is 4. The maximum atomic E-state index is 13.0. The van der Waals surface area contributed by atoms with Crippen molar-refractivity contribution in [2.24, 2.45) is 28.9 Å². The summed E-state index contributed by atoms with van der Waals surface area (Å²) in [6, 6.07) is 5.61. The molecule has 4 saturated carbocycles. The number of nitriles is 1. The van der Waals surface area contributed by atoms with Gasteiger partial charge < -0.3 is 20.7 Å². The average molecular weight is 424 g/mol.